The van der Waals surface area contributed by atoms with Gasteiger partial charge in [0, 0.05) is 0 Å². The predicted octanol–water partition coefficient (Wildman–Crippen LogP) is 7.46. The minimum atomic E-state index is -0.369. The summed E-state index contributed by atoms with van der Waals surface area (Å²) in [7, 11) is 0. The summed E-state index contributed by atoms with van der Waals surface area (Å²) in [4.78, 5) is 0. The molecule has 1 fully saturated rings. The first-order chi connectivity index (χ1) is 12.2. The fourth-order valence-electron chi connectivity index (χ4n) is 3.85. The molecule has 0 amide bonds. The molecule has 0 nitrogen and oxygen atoms in total. The fourth-order valence-corrected chi connectivity index (χ4v) is 4.03. The molecule has 1 saturated carbocycles. The molecule has 0 bridgehead atoms. The zero-order valence-corrected chi connectivity index (χ0v) is 15.6. The quantitative estimate of drug-likeness (QED) is 0.487. The number of rotatable bonds is 5. The molecule has 0 aliphatic heterocycles. The minimum Gasteiger partial charge on any atom is -0.205 e. The Morgan fingerprint density at radius 2 is 1.68 bits per heavy atom. The van der Waals surface area contributed by atoms with Crippen molar-refractivity contribution in [3.63, 3.8) is 0 Å². The normalized spacial score (nSPS) is 20.9. The van der Waals surface area contributed by atoms with E-state index in [9.17, 15) is 4.39 Å². The third-order valence-corrected chi connectivity index (χ3v) is 5.69. The molecule has 0 atom stereocenters. The molecule has 132 valence electrons. The van der Waals surface area contributed by atoms with Crippen LogP contribution in [0.25, 0.3) is 11.1 Å². The topological polar surface area (TPSA) is 0 Å². The largest absolute Gasteiger partial charge is 0.205 e. The summed E-state index contributed by atoms with van der Waals surface area (Å²) in [6, 6.07) is 13.5. The van der Waals surface area contributed by atoms with Gasteiger partial charge < -0.3 is 0 Å². The second-order valence-electron chi connectivity index (χ2n) is 7.17. The molecule has 0 unspecified atom stereocenters. The monoisotopic (exact) mass is 356 g/mol. The molecular formula is C23H26ClF. The molecule has 1 aliphatic carbocycles. The van der Waals surface area contributed by atoms with Gasteiger partial charge in [-0.3, -0.25) is 0 Å². The van der Waals surface area contributed by atoms with Crippen LogP contribution in [0.3, 0.4) is 0 Å². The Kier molecular flexibility index (Phi) is 6.31. The number of hydrogen-bond donors (Lipinski definition) is 0. The maximum atomic E-state index is 13.3. The zero-order chi connectivity index (χ0) is 17.6. The van der Waals surface area contributed by atoms with Crippen LogP contribution in [-0.4, -0.2) is 0 Å². The van der Waals surface area contributed by atoms with E-state index in [0.717, 1.165) is 29.4 Å². The summed E-state index contributed by atoms with van der Waals surface area (Å²) < 4.78 is 13.3. The summed E-state index contributed by atoms with van der Waals surface area (Å²) in [6.07, 6.45) is 12.4. The number of hydrogen-bond acceptors (Lipinski definition) is 0. The number of allylic oxidation sites excluding steroid dienone is 2. The van der Waals surface area contributed by atoms with E-state index in [1.165, 1.54) is 43.7 Å². The third kappa shape index (κ3) is 4.95. The Labute approximate surface area is 155 Å². The summed E-state index contributed by atoms with van der Waals surface area (Å²) in [5.74, 6) is 1.31. The SMILES string of the molecule is CC=CC1CCC(CCc2ccc(-c3ccc(F)c(Cl)c3)cc2)CC1. The van der Waals surface area contributed by atoms with E-state index >= 15 is 0 Å². The molecule has 2 aromatic carbocycles. The highest BCUT2D eigenvalue weighted by molar-refractivity contribution is 6.31. The Hall–Kier alpha value is -1.60. The summed E-state index contributed by atoms with van der Waals surface area (Å²) in [5, 5.41) is 0.176. The van der Waals surface area contributed by atoms with Gasteiger partial charge in [-0.05, 0) is 86.1 Å². The number of benzene rings is 2. The molecule has 1 aliphatic rings. The van der Waals surface area contributed by atoms with Crippen LogP contribution in [0.5, 0.6) is 0 Å². The predicted molar refractivity (Wildman–Crippen MR) is 105 cm³/mol. The molecule has 0 aromatic heterocycles. The van der Waals surface area contributed by atoms with Gasteiger partial charge in [0.25, 0.3) is 0 Å². The average Bonchev–Trinajstić information content (AvgIpc) is 2.64. The van der Waals surface area contributed by atoms with Gasteiger partial charge in [0.1, 0.15) is 5.82 Å². The minimum absolute atomic E-state index is 0.176. The van der Waals surface area contributed by atoms with Crippen molar-refractivity contribution in [1.82, 2.24) is 0 Å². The van der Waals surface area contributed by atoms with Crippen molar-refractivity contribution in [2.24, 2.45) is 11.8 Å². The molecule has 2 aromatic rings. The Bertz CT molecular complexity index is 709. The number of halogens is 2. The lowest BCUT2D eigenvalue weighted by atomic mass is 9.79. The van der Waals surface area contributed by atoms with Gasteiger partial charge in [-0.25, -0.2) is 4.39 Å². The van der Waals surface area contributed by atoms with Crippen molar-refractivity contribution < 1.29 is 4.39 Å². The van der Waals surface area contributed by atoms with Crippen LogP contribution >= 0.6 is 11.6 Å². The van der Waals surface area contributed by atoms with Crippen LogP contribution in [0.2, 0.25) is 5.02 Å². The lowest BCUT2D eigenvalue weighted by Gasteiger charge is -2.26. The van der Waals surface area contributed by atoms with Crippen molar-refractivity contribution >= 4 is 11.6 Å². The average molecular weight is 357 g/mol. The lowest BCUT2D eigenvalue weighted by Crippen LogP contribution is -2.13. The standard InChI is InChI=1S/C23H26ClF/c1-2-3-17-4-6-18(7-5-17)8-9-19-10-12-20(13-11-19)21-14-15-23(25)22(24)16-21/h2-3,10-18H,4-9H2,1H3. The van der Waals surface area contributed by atoms with Crippen LogP contribution in [0.4, 0.5) is 4.39 Å². The van der Waals surface area contributed by atoms with E-state index < -0.39 is 0 Å². The summed E-state index contributed by atoms with van der Waals surface area (Å²) in [6.45, 7) is 2.12. The first-order valence-corrected chi connectivity index (χ1v) is 9.70. The fraction of sp³-hybridized carbons (Fsp3) is 0.391. The van der Waals surface area contributed by atoms with E-state index in [1.807, 2.05) is 0 Å². The summed E-state index contributed by atoms with van der Waals surface area (Å²) in [5.41, 5.74) is 3.42. The zero-order valence-electron chi connectivity index (χ0n) is 14.8. The highest BCUT2D eigenvalue weighted by atomic mass is 35.5. The molecule has 25 heavy (non-hydrogen) atoms. The van der Waals surface area contributed by atoms with Gasteiger partial charge in [-0.1, -0.05) is 54.1 Å². The highest BCUT2D eigenvalue weighted by Crippen LogP contribution is 2.32. The Morgan fingerprint density at radius 1 is 1.00 bits per heavy atom. The summed E-state index contributed by atoms with van der Waals surface area (Å²) >= 11 is 5.88. The molecule has 0 heterocycles. The molecule has 2 heteroatoms. The van der Waals surface area contributed by atoms with Crippen molar-refractivity contribution in [2.45, 2.75) is 45.4 Å². The van der Waals surface area contributed by atoms with Crippen LogP contribution in [-0.2, 0) is 6.42 Å². The van der Waals surface area contributed by atoms with Crippen LogP contribution in [0.15, 0.2) is 54.6 Å². The van der Waals surface area contributed by atoms with Crippen molar-refractivity contribution in [3.8, 4) is 11.1 Å². The van der Waals surface area contributed by atoms with Crippen molar-refractivity contribution in [2.75, 3.05) is 0 Å². The molecule has 0 N–H and O–H groups in total. The van der Waals surface area contributed by atoms with Crippen LogP contribution in [0, 0.1) is 17.7 Å². The lowest BCUT2D eigenvalue weighted by molar-refractivity contribution is 0.296. The van der Waals surface area contributed by atoms with Gasteiger partial charge in [-0.2, -0.15) is 0 Å². The Balaban J connectivity index is 1.54. The van der Waals surface area contributed by atoms with Crippen LogP contribution < -0.4 is 0 Å². The first kappa shape index (κ1) is 18.2. The van der Waals surface area contributed by atoms with Gasteiger partial charge in [0.2, 0.25) is 0 Å². The van der Waals surface area contributed by atoms with E-state index in [4.69, 9.17) is 11.6 Å². The highest BCUT2D eigenvalue weighted by Gasteiger charge is 2.19. The molecule has 0 spiro atoms. The van der Waals surface area contributed by atoms with Crippen molar-refractivity contribution in [1.29, 1.82) is 0 Å². The smallest absolute Gasteiger partial charge is 0.141 e. The van der Waals surface area contributed by atoms with E-state index in [0.29, 0.717) is 0 Å². The van der Waals surface area contributed by atoms with E-state index in [1.54, 1.807) is 12.1 Å². The molecule has 3 rings (SSSR count). The third-order valence-electron chi connectivity index (χ3n) is 5.40. The molecule has 0 saturated heterocycles. The second-order valence-corrected chi connectivity index (χ2v) is 7.58. The van der Waals surface area contributed by atoms with Crippen LogP contribution in [0.1, 0.15) is 44.6 Å². The van der Waals surface area contributed by atoms with Gasteiger partial charge in [0.15, 0.2) is 0 Å². The number of aryl methyl sites for hydroxylation is 1. The van der Waals surface area contributed by atoms with E-state index in [-0.39, 0.29) is 10.8 Å². The maximum absolute atomic E-state index is 13.3. The van der Waals surface area contributed by atoms with E-state index in [2.05, 4.69) is 43.3 Å². The maximum Gasteiger partial charge on any atom is 0.141 e. The Morgan fingerprint density at radius 3 is 2.32 bits per heavy atom. The second kappa shape index (κ2) is 8.67. The molecular weight excluding hydrogens is 331 g/mol. The molecule has 0 radical (unpaired) electrons. The van der Waals surface area contributed by atoms with Gasteiger partial charge in [0.05, 0.1) is 5.02 Å². The van der Waals surface area contributed by atoms with Crippen molar-refractivity contribution in [3.05, 3.63) is 71.0 Å². The van der Waals surface area contributed by atoms with Gasteiger partial charge >= 0.3 is 0 Å². The first-order valence-electron chi connectivity index (χ1n) is 9.33. The van der Waals surface area contributed by atoms with Gasteiger partial charge in [-0.15, -0.1) is 0 Å².